The standard InChI is InChI=1S/C23H13BrFNO4/c24-16-9-7-15(8-10-16)21-26-20(23(28)30-21)13-14-5-11-17(12-6-14)29-22(27)18-3-1-2-4-19(18)25/h1-13H. The van der Waals surface area contributed by atoms with Crippen LogP contribution in [0, 0.1) is 5.82 Å². The number of nitrogens with zero attached hydrogens (tertiary/aromatic N) is 1. The van der Waals surface area contributed by atoms with Crippen LogP contribution in [0.1, 0.15) is 21.5 Å². The Morgan fingerprint density at radius 3 is 2.40 bits per heavy atom. The van der Waals surface area contributed by atoms with Crippen LogP contribution in [0.5, 0.6) is 5.75 Å². The predicted molar refractivity (Wildman–Crippen MR) is 113 cm³/mol. The van der Waals surface area contributed by atoms with Crippen molar-refractivity contribution in [2.24, 2.45) is 4.99 Å². The summed E-state index contributed by atoms with van der Waals surface area (Å²) in [6, 6.07) is 19.2. The molecule has 1 aliphatic heterocycles. The molecule has 0 unspecified atom stereocenters. The number of hydrogen-bond acceptors (Lipinski definition) is 5. The first-order valence-corrected chi connectivity index (χ1v) is 9.64. The third-order valence-corrected chi connectivity index (χ3v) is 4.73. The van der Waals surface area contributed by atoms with Crippen molar-refractivity contribution in [3.63, 3.8) is 0 Å². The molecule has 148 valence electrons. The molecule has 1 aliphatic rings. The van der Waals surface area contributed by atoms with Crippen LogP contribution in [0.15, 0.2) is 88.0 Å². The van der Waals surface area contributed by atoms with E-state index >= 15 is 0 Å². The van der Waals surface area contributed by atoms with Crippen molar-refractivity contribution >= 4 is 39.8 Å². The molecule has 5 nitrogen and oxygen atoms in total. The quantitative estimate of drug-likeness (QED) is 0.303. The molecule has 7 heteroatoms. The highest BCUT2D eigenvalue weighted by atomic mass is 79.9. The lowest BCUT2D eigenvalue weighted by molar-refractivity contribution is -0.129. The monoisotopic (exact) mass is 465 g/mol. The largest absolute Gasteiger partial charge is 0.423 e. The predicted octanol–water partition coefficient (Wildman–Crippen LogP) is 5.15. The maximum Gasteiger partial charge on any atom is 0.363 e. The Morgan fingerprint density at radius 2 is 1.70 bits per heavy atom. The highest BCUT2D eigenvalue weighted by Gasteiger charge is 2.24. The van der Waals surface area contributed by atoms with Gasteiger partial charge in [-0.15, -0.1) is 0 Å². The van der Waals surface area contributed by atoms with Crippen molar-refractivity contribution in [3.05, 3.63) is 105 Å². The zero-order valence-corrected chi connectivity index (χ0v) is 16.9. The number of cyclic esters (lactones) is 1. The lowest BCUT2D eigenvalue weighted by atomic mass is 10.2. The first-order valence-electron chi connectivity index (χ1n) is 8.85. The van der Waals surface area contributed by atoms with E-state index in [1.54, 1.807) is 48.5 Å². The first-order chi connectivity index (χ1) is 14.5. The average molecular weight is 466 g/mol. The molecule has 1 heterocycles. The number of ether oxygens (including phenoxy) is 2. The van der Waals surface area contributed by atoms with Gasteiger partial charge in [0, 0.05) is 10.0 Å². The smallest absolute Gasteiger partial charge is 0.363 e. The van der Waals surface area contributed by atoms with Gasteiger partial charge in [0.25, 0.3) is 0 Å². The van der Waals surface area contributed by atoms with Crippen molar-refractivity contribution < 1.29 is 23.5 Å². The zero-order valence-electron chi connectivity index (χ0n) is 15.3. The topological polar surface area (TPSA) is 65.0 Å². The Hall–Kier alpha value is -3.58. The molecule has 0 N–H and O–H groups in total. The van der Waals surface area contributed by atoms with E-state index in [0.29, 0.717) is 11.1 Å². The normalized spacial score (nSPS) is 14.4. The highest BCUT2D eigenvalue weighted by molar-refractivity contribution is 9.10. The third-order valence-electron chi connectivity index (χ3n) is 4.20. The van der Waals surface area contributed by atoms with Crippen LogP contribution in [-0.4, -0.2) is 17.8 Å². The number of esters is 2. The molecular formula is C23H13BrFNO4. The van der Waals surface area contributed by atoms with E-state index in [0.717, 1.165) is 4.47 Å². The number of carbonyl (C=O) groups is 2. The van der Waals surface area contributed by atoms with Gasteiger partial charge in [-0.2, -0.15) is 0 Å². The molecule has 4 rings (SSSR count). The highest BCUT2D eigenvalue weighted by Crippen LogP contribution is 2.22. The summed E-state index contributed by atoms with van der Waals surface area (Å²) < 4.78 is 25.0. The minimum atomic E-state index is -0.790. The van der Waals surface area contributed by atoms with Crippen LogP contribution in [0.25, 0.3) is 6.08 Å². The zero-order chi connectivity index (χ0) is 21.1. The molecule has 0 aromatic heterocycles. The lowest BCUT2D eigenvalue weighted by Gasteiger charge is -2.05. The summed E-state index contributed by atoms with van der Waals surface area (Å²) in [6.45, 7) is 0. The van der Waals surface area contributed by atoms with Gasteiger partial charge in [0.2, 0.25) is 5.90 Å². The number of hydrogen-bond donors (Lipinski definition) is 0. The lowest BCUT2D eigenvalue weighted by Crippen LogP contribution is -2.10. The van der Waals surface area contributed by atoms with Gasteiger partial charge in [-0.3, -0.25) is 0 Å². The number of halogens is 2. The molecule has 0 bridgehead atoms. The van der Waals surface area contributed by atoms with Gasteiger partial charge < -0.3 is 9.47 Å². The Balaban J connectivity index is 1.49. The van der Waals surface area contributed by atoms with Crippen LogP contribution in [0.2, 0.25) is 0 Å². The molecule has 0 aliphatic carbocycles. The second-order valence-corrected chi connectivity index (χ2v) is 7.20. The number of rotatable bonds is 4. The number of aliphatic imine (C=N–C) groups is 1. The Labute approximate surface area is 179 Å². The molecule has 30 heavy (non-hydrogen) atoms. The van der Waals surface area contributed by atoms with E-state index in [2.05, 4.69) is 20.9 Å². The summed E-state index contributed by atoms with van der Waals surface area (Å²) in [7, 11) is 0. The van der Waals surface area contributed by atoms with Crippen LogP contribution >= 0.6 is 15.9 Å². The Morgan fingerprint density at radius 1 is 1.00 bits per heavy atom. The van der Waals surface area contributed by atoms with Gasteiger partial charge in [0.05, 0.1) is 5.56 Å². The van der Waals surface area contributed by atoms with Crippen LogP contribution in [-0.2, 0) is 9.53 Å². The van der Waals surface area contributed by atoms with E-state index in [1.807, 2.05) is 12.1 Å². The minimum Gasteiger partial charge on any atom is -0.423 e. The van der Waals surface area contributed by atoms with Crippen LogP contribution in [0.4, 0.5) is 4.39 Å². The molecule has 3 aromatic rings. The summed E-state index contributed by atoms with van der Waals surface area (Å²) >= 11 is 3.35. The van der Waals surface area contributed by atoms with E-state index in [4.69, 9.17) is 9.47 Å². The van der Waals surface area contributed by atoms with Crippen molar-refractivity contribution in [3.8, 4) is 5.75 Å². The summed E-state index contributed by atoms with van der Waals surface area (Å²) in [5, 5.41) is 0. The summed E-state index contributed by atoms with van der Waals surface area (Å²) in [6.07, 6.45) is 1.57. The molecule has 0 saturated carbocycles. The molecule has 0 spiro atoms. The van der Waals surface area contributed by atoms with Crippen molar-refractivity contribution in [1.82, 2.24) is 0 Å². The fraction of sp³-hybridized carbons (Fsp3) is 0. The SMILES string of the molecule is O=C1OC(c2ccc(Br)cc2)=NC1=Cc1ccc(OC(=O)c2ccccc2F)cc1. The van der Waals surface area contributed by atoms with Crippen LogP contribution < -0.4 is 4.74 Å². The van der Waals surface area contributed by atoms with Gasteiger partial charge in [-0.05, 0) is 60.2 Å². The molecule has 0 radical (unpaired) electrons. The maximum atomic E-state index is 13.7. The molecule has 0 saturated heterocycles. The Kier molecular flexibility index (Phi) is 5.54. The minimum absolute atomic E-state index is 0.146. The summed E-state index contributed by atoms with van der Waals surface area (Å²) in [5.74, 6) is -1.51. The van der Waals surface area contributed by atoms with Gasteiger partial charge in [0.15, 0.2) is 5.70 Å². The van der Waals surface area contributed by atoms with E-state index in [9.17, 15) is 14.0 Å². The molecule has 0 atom stereocenters. The van der Waals surface area contributed by atoms with E-state index < -0.39 is 17.8 Å². The van der Waals surface area contributed by atoms with Gasteiger partial charge in [-0.25, -0.2) is 19.0 Å². The fourth-order valence-corrected chi connectivity index (χ4v) is 2.97. The summed E-state index contributed by atoms with van der Waals surface area (Å²) in [5.41, 5.74) is 1.36. The van der Waals surface area contributed by atoms with Gasteiger partial charge in [-0.1, -0.05) is 40.2 Å². The summed E-state index contributed by atoms with van der Waals surface area (Å²) in [4.78, 5) is 28.4. The van der Waals surface area contributed by atoms with E-state index in [1.165, 1.54) is 18.2 Å². The van der Waals surface area contributed by atoms with Crippen molar-refractivity contribution in [2.45, 2.75) is 0 Å². The molecule has 3 aromatic carbocycles. The van der Waals surface area contributed by atoms with Crippen molar-refractivity contribution in [2.75, 3.05) is 0 Å². The van der Waals surface area contributed by atoms with Crippen LogP contribution in [0.3, 0.4) is 0 Å². The number of carbonyl (C=O) groups excluding carboxylic acids is 2. The van der Waals surface area contributed by atoms with Crippen molar-refractivity contribution in [1.29, 1.82) is 0 Å². The number of benzene rings is 3. The fourth-order valence-electron chi connectivity index (χ4n) is 2.70. The average Bonchev–Trinajstić information content (AvgIpc) is 3.10. The molecular weight excluding hydrogens is 453 g/mol. The molecule has 0 fully saturated rings. The maximum absolute atomic E-state index is 13.7. The van der Waals surface area contributed by atoms with Gasteiger partial charge >= 0.3 is 11.9 Å². The van der Waals surface area contributed by atoms with Gasteiger partial charge in [0.1, 0.15) is 11.6 Å². The second-order valence-electron chi connectivity index (χ2n) is 6.28. The molecule has 0 amide bonds. The first kappa shape index (κ1) is 19.7. The second kappa shape index (κ2) is 8.42. The van der Waals surface area contributed by atoms with E-state index in [-0.39, 0.29) is 22.9 Å². The third kappa shape index (κ3) is 4.36. The Bertz CT molecular complexity index is 1180.